The van der Waals surface area contributed by atoms with E-state index in [1.807, 2.05) is 18.2 Å². The molecule has 0 spiro atoms. The molecule has 126 valence electrons. The summed E-state index contributed by atoms with van der Waals surface area (Å²) in [5.74, 6) is 0.753. The van der Waals surface area contributed by atoms with E-state index in [1.54, 1.807) is 25.1 Å². The number of carbonyl (C=O) groups excluding carboxylic acids is 2. The van der Waals surface area contributed by atoms with E-state index in [0.717, 1.165) is 24.0 Å². The Hall–Kier alpha value is -2.16. The first-order valence-corrected chi connectivity index (χ1v) is 8.50. The van der Waals surface area contributed by atoms with Crippen LogP contribution in [0.4, 0.5) is 0 Å². The summed E-state index contributed by atoms with van der Waals surface area (Å²) in [6.07, 6.45) is 7.11. The van der Waals surface area contributed by atoms with Crippen LogP contribution < -0.4 is 4.74 Å². The van der Waals surface area contributed by atoms with Crippen LogP contribution in [0.15, 0.2) is 42.0 Å². The Morgan fingerprint density at radius 2 is 1.88 bits per heavy atom. The average molecular weight is 324 g/mol. The molecule has 1 aromatic carbocycles. The predicted molar refractivity (Wildman–Crippen MR) is 94.5 cm³/mol. The largest absolute Gasteiger partial charge is 0.423 e. The normalized spacial score (nSPS) is 29.6. The number of Topliss-reactive ketones (excluding diaryl/α,β-unsaturated/α-hetero) is 1. The van der Waals surface area contributed by atoms with Crippen molar-refractivity contribution in [1.29, 1.82) is 0 Å². The quantitative estimate of drug-likeness (QED) is 0.464. The smallest absolute Gasteiger partial charge is 0.335 e. The van der Waals surface area contributed by atoms with Gasteiger partial charge in [0.2, 0.25) is 0 Å². The molecule has 2 fully saturated rings. The number of hydrogen-bond donors (Lipinski definition) is 0. The van der Waals surface area contributed by atoms with Crippen molar-refractivity contribution in [3.63, 3.8) is 0 Å². The van der Waals surface area contributed by atoms with E-state index in [1.165, 1.54) is 6.08 Å². The van der Waals surface area contributed by atoms with Gasteiger partial charge in [0.1, 0.15) is 5.75 Å². The fourth-order valence-corrected chi connectivity index (χ4v) is 4.19. The number of carbonyl (C=O) groups is 2. The fraction of sp³-hybridized carbons (Fsp3) is 0.429. The van der Waals surface area contributed by atoms with E-state index in [2.05, 4.69) is 20.8 Å². The fourth-order valence-electron chi connectivity index (χ4n) is 4.19. The monoisotopic (exact) mass is 324 g/mol. The summed E-state index contributed by atoms with van der Waals surface area (Å²) < 4.78 is 5.19. The highest BCUT2D eigenvalue weighted by atomic mass is 16.5. The molecule has 0 amide bonds. The minimum absolute atomic E-state index is 0.0257. The van der Waals surface area contributed by atoms with Crippen molar-refractivity contribution in [2.24, 2.45) is 16.7 Å². The number of benzene rings is 1. The van der Waals surface area contributed by atoms with Crippen LogP contribution in [-0.4, -0.2) is 11.8 Å². The zero-order valence-corrected chi connectivity index (χ0v) is 14.8. The summed E-state index contributed by atoms with van der Waals surface area (Å²) in [7, 11) is 0. The first-order valence-electron chi connectivity index (χ1n) is 8.50. The maximum Gasteiger partial charge on any atom is 0.335 e. The summed E-state index contributed by atoms with van der Waals surface area (Å²) in [4.78, 5) is 24.3. The van der Waals surface area contributed by atoms with Gasteiger partial charge in [-0.3, -0.25) is 4.79 Å². The number of fused-ring (bicyclic) bond motifs is 2. The molecule has 3 heteroatoms. The molecule has 0 aromatic heterocycles. The van der Waals surface area contributed by atoms with Crippen LogP contribution in [0.5, 0.6) is 5.75 Å². The molecule has 0 radical (unpaired) electrons. The molecule has 1 aromatic rings. The summed E-state index contributed by atoms with van der Waals surface area (Å²) in [6, 6.07) is 7.30. The highest BCUT2D eigenvalue weighted by molar-refractivity contribution is 6.07. The number of hydrogen-bond acceptors (Lipinski definition) is 3. The summed E-state index contributed by atoms with van der Waals surface area (Å²) in [5, 5.41) is 0. The van der Waals surface area contributed by atoms with Crippen LogP contribution in [0, 0.1) is 16.7 Å². The lowest BCUT2D eigenvalue weighted by Gasteiger charge is -2.31. The second-order valence-corrected chi connectivity index (χ2v) is 7.56. The summed E-state index contributed by atoms with van der Waals surface area (Å²) in [5.41, 5.74) is 1.71. The van der Waals surface area contributed by atoms with Gasteiger partial charge in [-0.15, -0.1) is 0 Å². The topological polar surface area (TPSA) is 43.4 Å². The molecule has 24 heavy (non-hydrogen) atoms. The third-order valence-corrected chi connectivity index (χ3v) is 6.09. The van der Waals surface area contributed by atoms with Crippen LogP contribution in [0.25, 0.3) is 6.08 Å². The first kappa shape index (κ1) is 16.7. The van der Waals surface area contributed by atoms with Crippen molar-refractivity contribution >= 4 is 17.8 Å². The molecule has 2 aliphatic carbocycles. The Bertz CT molecular complexity index is 737. The van der Waals surface area contributed by atoms with Gasteiger partial charge in [-0.05, 0) is 60.4 Å². The van der Waals surface area contributed by atoms with Gasteiger partial charge in [0.25, 0.3) is 0 Å². The summed E-state index contributed by atoms with van der Waals surface area (Å²) in [6.45, 7) is 8.31. The number of ketones is 1. The molecule has 0 N–H and O–H groups in total. The van der Waals surface area contributed by atoms with Gasteiger partial charge in [-0.2, -0.15) is 0 Å². The molecule has 0 saturated heterocycles. The Kier molecular flexibility index (Phi) is 3.98. The molecule has 3 nitrogen and oxygen atoms in total. The lowest BCUT2D eigenvalue weighted by molar-refractivity contribution is -0.129. The standard InChI is InChI=1S/C21H24O3/c1-5-6-18(22)24-15-9-7-14(8-10-15)13-16-17-11-12-21(4,19(16)23)20(17,2)3/h5-10,13,17H,11-12H2,1-4H3. The van der Waals surface area contributed by atoms with E-state index in [0.29, 0.717) is 17.5 Å². The Morgan fingerprint density at radius 1 is 1.21 bits per heavy atom. The van der Waals surface area contributed by atoms with Crippen molar-refractivity contribution in [2.45, 2.75) is 40.5 Å². The van der Waals surface area contributed by atoms with Gasteiger partial charge in [-0.25, -0.2) is 4.79 Å². The van der Waals surface area contributed by atoms with Gasteiger partial charge in [0.05, 0.1) is 0 Å². The third-order valence-electron chi connectivity index (χ3n) is 6.09. The molecule has 2 aliphatic rings. The zero-order valence-electron chi connectivity index (χ0n) is 14.8. The SMILES string of the molecule is CC=CC(=O)Oc1ccc(C=C2C(=O)C3(C)CCC2C3(C)C)cc1. The Balaban J connectivity index is 1.83. The van der Waals surface area contributed by atoms with Gasteiger partial charge < -0.3 is 4.74 Å². The molecule has 3 rings (SSSR count). The van der Waals surface area contributed by atoms with Crippen molar-refractivity contribution < 1.29 is 14.3 Å². The van der Waals surface area contributed by atoms with Crippen LogP contribution in [-0.2, 0) is 9.59 Å². The first-order chi connectivity index (χ1) is 11.3. The van der Waals surface area contributed by atoms with Crippen LogP contribution >= 0.6 is 0 Å². The lowest BCUT2D eigenvalue weighted by Crippen LogP contribution is -2.32. The molecule has 2 atom stereocenters. The molecule has 0 aliphatic heterocycles. The Morgan fingerprint density at radius 3 is 2.42 bits per heavy atom. The number of esters is 1. The van der Waals surface area contributed by atoms with Gasteiger partial charge >= 0.3 is 5.97 Å². The summed E-state index contributed by atoms with van der Waals surface area (Å²) >= 11 is 0. The molecule has 0 heterocycles. The van der Waals surface area contributed by atoms with Crippen molar-refractivity contribution in [3.8, 4) is 5.75 Å². The second kappa shape index (κ2) is 5.73. The molecular formula is C21H24O3. The predicted octanol–water partition coefficient (Wildman–Crippen LogP) is 4.58. The van der Waals surface area contributed by atoms with Gasteiger partial charge in [0.15, 0.2) is 5.78 Å². The van der Waals surface area contributed by atoms with Crippen LogP contribution in [0.3, 0.4) is 0 Å². The van der Waals surface area contributed by atoms with E-state index in [-0.39, 0.29) is 16.8 Å². The van der Waals surface area contributed by atoms with Gasteiger partial charge in [-0.1, -0.05) is 39.0 Å². The van der Waals surface area contributed by atoms with Crippen molar-refractivity contribution in [1.82, 2.24) is 0 Å². The van der Waals surface area contributed by atoms with Gasteiger partial charge in [0, 0.05) is 11.5 Å². The minimum atomic E-state index is -0.387. The maximum absolute atomic E-state index is 12.8. The van der Waals surface area contributed by atoms with E-state index in [9.17, 15) is 9.59 Å². The second-order valence-electron chi connectivity index (χ2n) is 7.56. The molecule has 2 unspecified atom stereocenters. The van der Waals surface area contributed by atoms with Crippen molar-refractivity contribution in [2.75, 3.05) is 0 Å². The highest BCUT2D eigenvalue weighted by Gasteiger charge is 2.63. The molecular weight excluding hydrogens is 300 g/mol. The van der Waals surface area contributed by atoms with Crippen LogP contribution in [0.1, 0.15) is 46.1 Å². The highest BCUT2D eigenvalue weighted by Crippen LogP contribution is 2.65. The zero-order chi connectivity index (χ0) is 17.5. The Labute approximate surface area is 143 Å². The third kappa shape index (κ3) is 2.43. The number of allylic oxidation sites excluding steroid dienone is 2. The van der Waals surface area contributed by atoms with Crippen molar-refractivity contribution in [3.05, 3.63) is 47.6 Å². The maximum atomic E-state index is 12.8. The van der Waals surface area contributed by atoms with E-state index < -0.39 is 0 Å². The average Bonchev–Trinajstić information content (AvgIpc) is 2.83. The number of ether oxygens (including phenoxy) is 1. The molecule has 2 bridgehead atoms. The van der Waals surface area contributed by atoms with E-state index >= 15 is 0 Å². The minimum Gasteiger partial charge on any atom is -0.423 e. The van der Waals surface area contributed by atoms with E-state index in [4.69, 9.17) is 4.74 Å². The number of rotatable bonds is 3. The lowest BCUT2D eigenvalue weighted by atomic mass is 9.70. The van der Waals surface area contributed by atoms with Crippen LogP contribution in [0.2, 0.25) is 0 Å². The molecule has 2 saturated carbocycles.